The predicted molar refractivity (Wildman–Crippen MR) is 46.1 cm³/mol. The van der Waals surface area contributed by atoms with Crippen LogP contribution in [0.2, 0.25) is 0 Å². The molecule has 12 heavy (non-hydrogen) atoms. The molecule has 1 aliphatic heterocycles. The second-order valence-electron chi connectivity index (χ2n) is 3.24. The number of fused-ring (bicyclic) bond motifs is 1. The van der Waals surface area contributed by atoms with Crippen molar-refractivity contribution in [1.82, 2.24) is 9.47 Å². The number of hydrogen-bond acceptors (Lipinski definition) is 1. The van der Waals surface area contributed by atoms with Crippen LogP contribution in [0, 0.1) is 6.92 Å². The van der Waals surface area contributed by atoms with E-state index in [-0.39, 0.29) is 5.91 Å². The summed E-state index contributed by atoms with van der Waals surface area (Å²) in [4.78, 5) is 13.3. The third kappa shape index (κ3) is 0.858. The molecule has 1 amide bonds. The molecule has 0 aliphatic carbocycles. The van der Waals surface area contributed by atoms with E-state index in [1.54, 1.807) is 4.90 Å². The van der Waals surface area contributed by atoms with Crippen LogP contribution in [-0.4, -0.2) is 29.0 Å². The molecule has 1 aromatic heterocycles. The summed E-state index contributed by atoms with van der Waals surface area (Å²) in [5, 5.41) is 0. The van der Waals surface area contributed by atoms with Gasteiger partial charge in [0, 0.05) is 25.8 Å². The van der Waals surface area contributed by atoms with Crippen molar-refractivity contribution in [3.05, 3.63) is 23.5 Å². The summed E-state index contributed by atoms with van der Waals surface area (Å²) in [6.07, 6.45) is 0. The van der Waals surface area contributed by atoms with Crippen LogP contribution in [0.5, 0.6) is 0 Å². The molecule has 0 saturated heterocycles. The highest BCUT2D eigenvalue weighted by atomic mass is 16.2. The van der Waals surface area contributed by atoms with Gasteiger partial charge in [-0.2, -0.15) is 0 Å². The molecular weight excluding hydrogens is 152 g/mol. The standard InChI is InChI=1S/C9H12N2O/c1-7-3-4-8-9(12)10(2)5-6-11(7)8/h3-4H,5-6H2,1-2H3. The Hall–Kier alpha value is -1.25. The SMILES string of the molecule is Cc1ccc2n1CCN(C)C2=O. The Balaban J connectivity index is 2.50. The van der Waals surface area contributed by atoms with Crippen LogP contribution in [0.1, 0.15) is 16.2 Å². The zero-order valence-electron chi connectivity index (χ0n) is 7.37. The molecule has 0 aromatic carbocycles. The monoisotopic (exact) mass is 164 g/mol. The first kappa shape index (κ1) is 7.40. The van der Waals surface area contributed by atoms with E-state index in [0.29, 0.717) is 0 Å². The Morgan fingerprint density at radius 1 is 1.33 bits per heavy atom. The smallest absolute Gasteiger partial charge is 0.270 e. The van der Waals surface area contributed by atoms with Crippen LogP contribution in [0.3, 0.4) is 0 Å². The zero-order chi connectivity index (χ0) is 8.72. The van der Waals surface area contributed by atoms with Crippen molar-refractivity contribution in [3.63, 3.8) is 0 Å². The van der Waals surface area contributed by atoms with E-state index < -0.39 is 0 Å². The third-order valence-corrected chi connectivity index (χ3v) is 2.42. The minimum absolute atomic E-state index is 0.134. The molecule has 1 aliphatic rings. The van der Waals surface area contributed by atoms with Crippen LogP contribution in [0.25, 0.3) is 0 Å². The van der Waals surface area contributed by atoms with Gasteiger partial charge in [0.05, 0.1) is 0 Å². The second kappa shape index (κ2) is 2.37. The van der Waals surface area contributed by atoms with Gasteiger partial charge in [-0.3, -0.25) is 4.79 Å². The van der Waals surface area contributed by atoms with Crippen molar-refractivity contribution in [3.8, 4) is 0 Å². The lowest BCUT2D eigenvalue weighted by Gasteiger charge is -2.25. The molecule has 0 N–H and O–H groups in total. The maximum atomic E-state index is 11.5. The Bertz CT molecular complexity index is 327. The Labute approximate surface area is 71.6 Å². The van der Waals surface area contributed by atoms with Gasteiger partial charge in [0.2, 0.25) is 0 Å². The molecule has 0 fully saturated rings. The molecule has 2 heterocycles. The Morgan fingerprint density at radius 3 is 2.83 bits per heavy atom. The highest BCUT2D eigenvalue weighted by molar-refractivity contribution is 5.93. The number of carbonyl (C=O) groups is 1. The minimum Gasteiger partial charge on any atom is -0.339 e. The summed E-state index contributed by atoms with van der Waals surface area (Å²) in [5.41, 5.74) is 1.99. The van der Waals surface area contributed by atoms with E-state index in [1.165, 1.54) is 5.69 Å². The fourth-order valence-corrected chi connectivity index (χ4v) is 1.60. The van der Waals surface area contributed by atoms with Gasteiger partial charge in [-0.25, -0.2) is 0 Å². The number of likely N-dealkylation sites (N-methyl/N-ethyl adjacent to an activating group) is 1. The van der Waals surface area contributed by atoms with Crippen molar-refractivity contribution in [2.45, 2.75) is 13.5 Å². The molecular formula is C9H12N2O. The number of carbonyl (C=O) groups excluding carboxylic acids is 1. The van der Waals surface area contributed by atoms with E-state index in [4.69, 9.17) is 0 Å². The normalized spacial score (nSPS) is 16.5. The van der Waals surface area contributed by atoms with Gasteiger partial charge < -0.3 is 9.47 Å². The lowest BCUT2D eigenvalue weighted by Crippen LogP contribution is -2.37. The molecule has 3 nitrogen and oxygen atoms in total. The van der Waals surface area contributed by atoms with Gasteiger partial charge in [0.1, 0.15) is 5.69 Å². The number of amides is 1. The molecule has 0 saturated carbocycles. The van der Waals surface area contributed by atoms with Crippen molar-refractivity contribution in [2.24, 2.45) is 0 Å². The maximum absolute atomic E-state index is 11.5. The first-order valence-electron chi connectivity index (χ1n) is 4.12. The highest BCUT2D eigenvalue weighted by Gasteiger charge is 2.21. The molecule has 0 bridgehead atoms. The van der Waals surface area contributed by atoms with Gasteiger partial charge in [-0.05, 0) is 19.1 Å². The maximum Gasteiger partial charge on any atom is 0.270 e. The summed E-state index contributed by atoms with van der Waals surface area (Å²) in [6, 6.07) is 3.89. The average molecular weight is 164 g/mol. The van der Waals surface area contributed by atoms with Crippen LogP contribution in [0.4, 0.5) is 0 Å². The topological polar surface area (TPSA) is 25.2 Å². The number of aromatic nitrogens is 1. The van der Waals surface area contributed by atoms with E-state index >= 15 is 0 Å². The first-order chi connectivity index (χ1) is 5.70. The van der Waals surface area contributed by atoms with Crippen molar-refractivity contribution >= 4 is 5.91 Å². The summed E-state index contributed by atoms with van der Waals surface area (Å²) in [6.45, 7) is 3.78. The average Bonchev–Trinajstić information content (AvgIpc) is 2.41. The fourth-order valence-electron chi connectivity index (χ4n) is 1.60. The molecule has 0 radical (unpaired) electrons. The van der Waals surface area contributed by atoms with Crippen LogP contribution >= 0.6 is 0 Å². The molecule has 0 unspecified atom stereocenters. The highest BCUT2D eigenvalue weighted by Crippen LogP contribution is 2.14. The summed E-state index contributed by atoms with van der Waals surface area (Å²) >= 11 is 0. The third-order valence-electron chi connectivity index (χ3n) is 2.42. The van der Waals surface area contributed by atoms with Crippen LogP contribution in [0.15, 0.2) is 12.1 Å². The summed E-state index contributed by atoms with van der Waals surface area (Å²) in [7, 11) is 1.84. The van der Waals surface area contributed by atoms with Gasteiger partial charge in [0.15, 0.2) is 0 Å². The Kier molecular flexibility index (Phi) is 1.46. The predicted octanol–water partition coefficient (Wildman–Crippen LogP) is 0.882. The summed E-state index contributed by atoms with van der Waals surface area (Å²) in [5.74, 6) is 0.134. The van der Waals surface area contributed by atoms with Gasteiger partial charge in [0.25, 0.3) is 5.91 Å². The summed E-state index contributed by atoms with van der Waals surface area (Å²) < 4.78 is 2.07. The fraction of sp³-hybridized carbons (Fsp3) is 0.444. The van der Waals surface area contributed by atoms with Crippen molar-refractivity contribution < 1.29 is 4.79 Å². The molecule has 0 atom stereocenters. The molecule has 1 aromatic rings. The molecule has 3 heteroatoms. The van der Waals surface area contributed by atoms with Gasteiger partial charge in [-0.1, -0.05) is 0 Å². The van der Waals surface area contributed by atoms with Crippen LogP contribution in [-0.2, 0) is 6.54 Å². The second-order valence-corrected chi connectivity index (χ2v) is 3.24. The number of hydrogen-bond donors (Lipinski definition) is 0. The lowest BCUT2D eigenvalue weighted by molar-refractivity contribution is 0.0748. The largest absolute Gasteiger partial charge is 0.339 e. The first-order valence-corrected chi connectivity index (χ1v) is 4.12. The van der Waals surface area contributed by atoms with Gasteiger partial charge >= 0.3 is 0 Å². The van der Waals surface area contributed by atoms with Gasteiger partial charge in [-0.15, -0.1) is 0 Å². The quantitative estimate of drug-likeness (QED) is 0.559. The number of aryl methyl sites for hydroxylation is 1. The van der Waals surface area contributed by atoms with Crippen molar-refractivity contribution in [1.29, 1.82) is 0 Å². The van der Waals surface area contributed by atoms with Crippen LogP contribution < -0.4 is 0 Å². The van der Waals surface area contributed by atoms with E-state index in [0.717, 1.165) is 18.8 Å². The molecule has 2 rings (SSSR count). The number of nitrogens with zero attached hydrogens (tertiary/aromatic N) is 2. The minimum atomic E-state index is 0.134. The molecule has 0 spiro atoms. The zero-order valence-corrected chi connectivity index (χ0v) is 7.37. The van der Waals surface area contributed by atoms with E-state index in [1.807, 2.05) is 26.1 Å². The van der Waals surface area contributed by atoms with E-state index in [9.17, 15) is 4.79 Å². The molecule has 64 valence electrons. The van der Waals surface area contributed by atoms with E-state index in [2.05, 4.69) is 4.57 Å². The van der Waals surface area contributed by atoms with Crippen molar-refractivity contribution in [2.75, 3.05) is 13.6 Å². The number of rotatable bonds is 0. The lowest BCUT2D eigenvalue weighted by atomic mass is 10.3. The Morgan fingerprint density at radius 2 is 2.08 bits per heavy atom.